The quantitative estimate of drug-likeness (QED) is 0.105. The Bertz CT molecular complexity index is 2950. The maximum absolute atomic E-state index is 4.93. The minimum atomic E-state index is -0.826. The fourth-order valence-electron chi connectivity index (χ4n) is 9.41. The van der Waals surface area contributed by atoms with Crippen LogP contribution in [0, 0.1) is 19.9 Å². The SMILES string of the molecule is CCCc1ccc2[cH-]c(C)cc2c1-c1ccccc1-c1ccccc1.CCCc1ccc2[cH-]c(C)cc2c1-c1ccccc1-c1ccccc1.[Cl][Zr][Cl].[c-]1cccc2c1[Si]c1ccccc1-2. The van der Waals surface area contributed by atoms with Gasteiger partial charge >= 0.3 is 37.9 Å². The van der Waals surface area contributed by atoms with Crippen LogP contribution in [0.1, 0.15) is 48.9 Å². The second kappa shape index (κ2) is 22.9. The third-order valence-electron chi connectivity index (χ3n) is 12.2. The molecular weight excluding hydrogens is 935 g/mol. The van der Waals surface area contributed by atoms with Gasteiger partial charge in [-0.3, -0.25) is 0 Å². The molecule has 1 aliphatic rings. The molecule has 326 valence electrons. The van der Waals surface area contributed by atoms with Gasteiger partial charge in [-0.15, -0.1) is 74.6 Å². The summed E-state index contributed by atoms with van der Waals surface area (Å²) in [7, 11) is 10.7. The van der Waals surface area contributed by atoms with E-state index in [1.807, 2.05) is 6.07 Å². The zero-order valence-corrected chi connectivity index (χ0v) is 43.1. The van der Waals surface area contributed by atoms with E-state index in [0.29, 0.717) is 0 Å². The van der Waals surface area contributed by atoms with Crippen molar-refractivity contribution in [2.75, 3.05) is 0 Å². The number of fused-ring (bicyclic) bond motifs is 5. The Morgan fingerprint density at radius 3 is 1.35 bits per heavy atom. The zero-order valence-electron chi connectivity index (χ0n) is 38.1. The normalized spacial score (nSPS) is 11.1. The van der Waals surface area contributed by atoms with Crippen LogP contribution < -0.4 is 10.4 Å². The van der Waals surface area contributed by atoms with Crippen LogP contribution in [0.2, 0.25) is 0 Å². The summed E-state index contributed by atoms with van der Waals surface area (Å²) in [6.07, 6.45) is 4.54. The first-order valence-corrected chi connectivity index (χ1v) is 30.3. The molecule has 0 spiro atoms. The Kier molecular flexibility index (Phi) is 16.4. The molecule has 0 unspecified atom stereocenters. The van der Waals surface area contributed by atoms with E-state index in [1.54, 1.807) is 0 Å². The molecule has 0 bridgehead atoms. The van der Waals surface area contributed by atoms with E-state index >= 15 is 0 Å². The monoisotopic (exact) mass is 985 g/mol. The van der Waals surface area contributed by atoms with Crippen molar-refractivity contribution in [1.29, 1.82) is 0 Å². The summed E-state index contributed by atoms with van der Waals surface area (Å²) in [5.41, 5.74) is 19.0. The summed E-state index contributed by atoms with van der Waals surface area (Å²) in [5, 5.41) is 8.27. The summed E-state index contributed by atoms with van der Waals surface area (Å²) < 4.78 is 0. The van der Waals surface area contributed by atoms with Crippen molar-refractivity contribution in [3.8, 4) is 55.6 Å². The van der Waals surface area contributed by atoms with Gasteiger partial charge in [0.2, 0.25) is 0 Å². The zero-order chi connectivity index (χ0) is 45.8. The first-order valence-electron chi connectivity index (χ1n) is 22.9. The molecular formula is C62H53Cl2SiZr-3. The predicted octanol–water partition coefficient (Wildman–Crippen LogP) is 16.8. The predicted molar refractivity (Wildman–Crippen MR) is 286 cm³/mol. The maximum atomic E-state index is 4.93. The van der Waals surface area contributed by atoms with Gasteiger partial charge in [0.05, 0.1) is 9.52 Å². The topological polar surface area (TPSA) is 0 Å². The van der Waals surface area contributed by atoms with E-state index in [-0.39, 0.29) is 0 Å². The number of rotatable bonds is 8. The van der Waals surface area contributed by atoms with Crippen molar-refractivity contribution < 1.29 is 20.8 Å². The van der Waals surface area contributed by atoms with Crippen molar-refractivity contribution in [2.24, 2.45) is 0 Å². The van der Waals surface area contributed by atoms with Crippen molar-refractivity contribution in [2.45, 2.75) is 53.4 Å². The van der Waals surface area contributed by atoms with Gasteiger partial charge in [-0.25, -0.2) is 0 Å². The first-order chi connectivity index (χ1) is 32.4. The number of hydrogen-bond acceptors (Lipinski definition) is 0. The second-order valence-corrected chi connectivity index (χ2v) is 21.8. The molecule has 10 aromatic carbocycles. The van der Waals surface area contributed by atoms with Gasteiger partial charge in [-0.2, -0.15) is 41.6 Å². The molecule has 1 heterocycles. The van der Waals surface area contributed by atoms with Crippen LogP contribution in [-0.4, -0.2) is 9.52 Å². The molecule has 11 rings (SSSR count). The molecule has 10 aromatic rings. The van der Waals surface area contributed by atoms with Crippen molar-refractivity contribution in [1.82, 2.24) is 0 Å². The maximum Gasteiger partial charge on any atom is 0.0920 e. The fraction of sp³-hybridized carbons (Fsp3) is 0.129. The van der Waals surface area contributed by atoms with Crippen LogP contribution in [0.4, 0.5) is 0 Å². The molecule has 0 saturated heterocycles. The fourth-order valence-corrected chi connectivity index (χ4v) is 10.7. The number of benzene rings is 8. The van der Waals surface area contributed by atoms with Gasteiger partial charge in [-0.05, 0) is 46.2 Å². The van der Waals surface area contributed by atoms with Gasteiger partial charge in [-0.1, -0.05) is 207 Å². The number of aryl methyl sites for hydroxylation is 4. The van der Waals surface area contributed by atoms with Gasteiger partial charge in [0.15, 0.2) is 0 Å². The molecule has 0 fully saturated rings. The minimum absolute atomic E-state index is 0.795. The minimum Gasteiger partial charge on any atom is -0.184 e. The molecule has 4 heteroatoms. The van der Waals surface area contributed by atoms with Crippen LogP contribution in [0.15, 0.2) is 200 Å². The Morgan fingerprint density at radius 2 is 0.879 bits per heavy atom. The third kappa shape index (κ3) is 10.8. The molecule has 0 atom stereocenters. The average molecular weight is 988 g/mol. The van der Waals surface area contributed by atoms with Crippen LogP contribution in [0.3, 0.4) is 0 Å². The van der Waals surface area contributed by atoms with Gasteiger partial charge < -0.3 is 0 Å². The van der Waals surface area contributed by atoms with Crippen LogP contribution in [0.5, 0.6) is 0 Å². The molecule has 66 heavy (non-hydrogen) atoms. The number of halogens is 2. The molecule has 0 saturated carbocycles. The van der Waals surface area contributed by atoms with Gasteiger partial charge in [0, 0.05) is 0 Å². The molecule has 0 aliphatic carbocycles. The van der Waals surface area contributed by atoms with Gasteiger partial charge in [0.25, 0.3) is 0 Å². The Morgan fingerprint density at radius 1 is 0.470 bits per heavy atom. The summed E-state index contributed by atoms with van der Waals surface area (Å²) in [4.78, 5) is 0. The summed E-state index contributed by atoms with van der Waals surface area (Å²) in [6.45, 7) is 8.89. The van der Waals surface area contributed by atoms with Crippen LogP contribution >= 0.6 is 17.0 Å². The standard InChI is InChI=1S/2C25H23.C12H7Si.2ClH.Zr/c2*1-3-9-20-14-15-21-16-18(2)17-24(21)25(20)23-13-8-7-12-22(23)19-10-5-4-6-11-19;1-3-7-11-9(5-1)10-6-2-4-8-12(10)13-11;;;/h2*4-8,10-17H,3,9H2,1-2H3;1-7H;2*1H;/q3*-1;;;+2/p-2. The Hall–Kier alpha value is -5.34. The van der Waals surface area contributed by atoms with E-state index in [0.717, 1.165) is 35.2 Å². The van der Waals surface area contributed by atoms with E-state index in [4.69, 9.17) is 17.0 Å². The first kappa shape index (κ1) is 47.2. The third-order valence-corrected chi connectivity index (χ3v) is 13.5. The van der Waals surface area contributed by atoms with Crippen LogP contribution in [0.25, 0.3) is 77.2 Å². The summed E-state index contributed by atoms with van der Waals surface area (Å²) in [6, 6.07) is 75.7. The Balaban J connectivity index is 0.000000136. The van der Waals surface area contributed by atoms with E-state index in [2.05, 4.69) is 228 Å². The van der Waals surface area contributed by atoms with Crippen LogP contribution in [-0.2, 0) is 33.7 Å². The van der Waals surface area contributed by atoms with E-state index in [1.165, 1.54) is 110 Å². The molecule has 2 radical (unpaired) electrons. The van der Waals surface area contributed by atoms with Gasteiger partial charge in [0.1, 0.15) is 0 Å². The number of hydrogen-bond donors (Lipinski definition) is 0. The summed E-state index contributed by atoms with van der Waals surface area (Å²) in [5.74, 6) is 0. The van der Waals surface area contributed by atoms with E-state index in [9.17, 15) is 0 Å². The van der Waals surface area contributed by atoms with E-state index < -0.39 is 20.8 Å². The van der Waals surface area contributed by atoms with Crippen molar-refractivity contribution in [3.63, 3.8) is 0 Å². The summed E-state index contributed by atoms with van der Waals surface area (Å²) >= 11 is -0.826. The van der Waals surface area contributed by atoms with Crippen molar-refractivity contribution in [3.05, 3.63) is 229 Å². The molecule has 0 amide bonds. The molecule has 0 aromatic heterocycles. The molecule has 0 nitrogen and oxygen atoms in total. The Labute approximate surface area is 413 Å². The molecule has 0 N–H and O–H groups in total. The average Bonchev–Trinajstić information content (AvgIpc) is 4.06. The second-order valence-electron chi connectivity index (χ2n) is 16.8. The van der Waals surface area contributed by atoms with Crippen molar-refractivity contribution >= 4 is 58.5 Å². The molecule has 1 aliphatic heterocycles. The smallest absolute Gasteiger partial charge is 0.0920 e. The largest absolute Gasteiger partial charge is 0.184 e.